The van der Waals surface area contributed by atoms with Crippen molar-refractivity contribution in [1.82, 2.24) is 4.57 Å². The lowest BCUT2D eigenvalue weighted by Gasteiger charge is -2.33. The minimum Gasteiger partial charge on any atom is -0.393 e. The van der Waals surface area contributed by atoms with Gasteiger partial charge in [0.05, 0.1) is 11.3 Å². The van der Waals surface area contributed by atoms with Gasteiger partial charge in [-0.1, -0.05) is 0 Å². The summed E-state index contributed by atoms with van der Waals surface area (Å²) in [5.74, 6) is 0.556. The second-order valence-electron chi connectivity index (χ2n) is 5.13. The Balaban J connectivity index is 2.05. The first-order valence-corrected chi connectivity index (χ1v) is 6.62. The van der Waals surface area contributed by atoms with Crippen molar-refractivity contribution >= 4 is 23.1 Å². The van der Waals surface area contributed by atoms with E-state index in [4.69, 9.17) is 0 Å². The highest BCUT2D eigenvalue weighted by Gasteiger charge is 2.31. The molecule has 2 fully saturated rings. The molecule has 1 aromatic heterocycles. The Hall–Kier alpha value is -1.29. The van der Waals surface area contributed by atoms with E-state index in [1.165, 1.54) is 12.8 Å². The molecule has 0 aliphatic heterocycles. The van der Waals surface area contributed by atoms with E-state index in [1.807, 2.05) is 12.3 Å². The molecule has 2 aliphatic rings. The molecule has 2 saturated carbocycles. The molecule has 0 radical (unpaired) electrons. The summed E-state index contributed by atoms with van der Waals surface area (Å²) >= 11 is 4.58. The van der Waals surface area contributed by atoms with Gasteiger partial charge in [0.15, 0.2) is 0 Å². The van der Waals surface area contributed by atoms with Crippen molar-refractivity contribution in [1.29, 1.82) is 0 Å². The third kappa shape index (κ3) is 2.05. The number of aliphatic hydroxyl groups is 1. The van der Waals surface area contributed by atoms with Crippen molar-refractivity contribution in [3.05, 3.63) is 28.2 Å². The average molecular weight is 262 g/mol. The average Bonchev–Trinajstić information content (AvgIpc) is 3.12. The van der Waals surface area contributed by atoms with Gasteiger partial charge >= 0.3 is 0 Å². The molecule has 0 unspecified atom stereocenters. The van der Waals surface area contributed by atoms with E-state index < -0.39 is 0 Å². The summed E-state index contributed by atoms with van der Waals surface area (Å²) in [6, 6.07) is 1.93. The summed E-state index contributed by atoms with van der Waals surface area (Å²) in [7, 11) is 0. The number of aliphatic imine (C=N–C) groups is 1. The number of nitrogens with zero attached hydrogens (tertiary/aromatic N) is 2. The minimum atomic E-state index is -0.274. The maximum Gasteiger partial charge on any atom is 0.277 e. The first-order valence-electron chi connectivity index (χ1n) is 6.21. The van der Waals surface area contributed by atoms with Gasteiger partial charge in [0.1, 0.15) is 5.69 Å². The monoisotopic (exact) mass is 262 g/mol. The van der Waals surface area contributed by atoms with E-state index in [0.29, 0.717) is 24.4 Å². The molecule has 0 amide bonds. The fraction of sp³-hybridized carbons (Fsp3) is 0.538. The van der Waals surface area contributed by atoms with Crippen LogP contribution in [-0.4, -0.2) is 20.9 Å². The lowest BCUT2D eigenvalue weighted by molar-refractivity contribution is 0.0471. The van der Waals surface area contributed by atoms with Crippen LogP contribution in [-0.2, 0) is 0 Å². The van der Waals surface area contributed by atoms with Gasteiger partial charge in [-0.05, 0) is 55.4 Å². The normalized spacial score (nSPS) is 26.3. The van der Waals surface area contributed by atoms with Gasteiger partial charge in [0, 0.05) is 12.2 Å². The Morgan fingerprint density at radius 2 is 2.17 bits per heavy atom. The van der Waals surface area contributed by atoms with Gasteiger partial charge < -0.3 is 9.67 Å². The van der Waals surface area contributed by atoms with Gasteiger partial charge in [0.25, 0.3) is 5.56 Å². The van der Waals surface area contributed by atoms with E-state index in [1.54, 1.807) is 4.57 Å². The molecular formula is C13H14N2O2S. The van der Waals surface area contributed by atoms with Crippen LogP contribution in [0.3, 0.4) is 0 Å². The molecule has 1 aromatic rings. The van der Waals surface area contributed by atoms with Crippen molar-refractivity contribution in [3.63, 3.8) is 0 Å². The fourth-order valence-electron chi connectivity index (χ4n) is 2.44. The molecule has 0 atom stereocenters. The smallest absolute Gasteiger partial charge is 0.277 e. The van der Waals surface area contributed by atoms with Gasteiger partial charge in [-0.25, -0.2) is 0 Å². The summed E-state index contributed by atoms with van der Waals surface area (Å²) < 4.78 is 1.71. The number of thiocarbonyl (C=S) groups is 1. The highest BCUT2D eigenvalue weighted by molar-refractivity contribution is 7.78. The molecule has 1 heterocycles. The lowest BCUT2D eigenvalue weighted by Crippen LogP contribution is -2.36. The Bertz CT molecular complexity index is 579. The number of pyridine rings is 1. The van der Waals surface area contributed by atoms with Crippen LogP contribution in [0.4, 0.5) is 5.69 Å². The number of rotatable bonds is 3. The first-order chi connectivity index (χ1) is 8.69. The van der Waals surface area contributed by atoms with Crippen LogP contribution in [0.5, 0.6) is 0 Å². The van der Waals surface area contributed by atoms with Gasteiger partial charge in [0.2, 0.25) is 0 Å². The molecule has 2 aliphatic carbocycles. The molecule has 0 spiro atoms. The second kappa shape index (κ2) is 4.43. The Kier molecular flexibility index (Phi) is 2.90. The van der Waals surface area contributed by atoms with Crippen molar-refractivity contribution in [3.8, 4) is 0 Å². The maximum absolute atomic E-state index is 12.2. The molecular weight excluding hydrogens is 248 g/mol. The molecule has 1 N–H and O–H groups in total. The Labute approximate surface area is 110 Å². The highest BCUT2D eigenvalue weighted by Crippen LogP contribution is 2.41. The summed E-state index contributed by atoms with van der Waals surface area (Å²) in [5.41, 5.74) is 1.39. The third-order valence-electron chi connectivity index (χ3n) is 3.74. The predicted molar refractivity (Wildman–Crippen MR) is 71.6 cm³/mol. The van der Waals surface area contributed by atoms with Crippen LogP contribution < -0.4 is 5.56 Å². The highest BCUT2D eigenvalue weighted by atomic mass is 32.1. The van der Waals surface area contributed by atoms with Crippen LogP contribution in [0.2, 0.25) is 0 Å². The largest absolute Gasteiger partial charge is 0.393 e. The van der Waals surface area contributed by atoms with Gasteiger partial charge in [-0.2, -0.15) is 4.99 Å². The van der Waals surface area contributed by atoms with Crippen molar-refractivity contribution in [2.24, 2.45) is 4.99 Å². The minimum absolute atomic E-state index is 0.102. The standard InChI is InChI=1S/C13H14N2O2S/c16-11-4-10(5-11)15-6-9(8-1-2-8)3-12(13(15)17)14-7-18/h3,6,8,10-11,16H,1-2,4-5H2. The van der Waals surface area contributed by atoms with E-state index in [9.17, 15) is 9.90 Å². The molecule has 0 aromatic carbocycles. The zero-order chi connectivity index (χ0) is 12.7. The summed E-state index contributed by atoms with van der Waals surface area (Å²) in [4.78, 5) is 16.1. The summed E-state index contributed by atoms with van der Waals surface area (Å²) in [6.07, 6.45) is 5.30. The SMILES string of the molecule is O=c1c(N=C=S)cc(C2CC2)cn1C1CC(O)C1. The van der Waals surface area contributed by atoms with Gasteiger partial charge in [-0.15, -0.1) is 0 Å². The second-order valence-corrected chi connectivity index (χ2v) is 5.31. The quantitative estimate of drug-likeness (QED) is 0.671. The molecule has 3 rings (SSSR count). The van der Waals surface area contributed by atoms with Crippen LogP contribution in [0.1, 0.15) is 43.2 Å². The van der Waals surface area contributed by atoms with E-state index >= 15 is 0 Å². The molecule has 94 valence electrons. The number of aromatic nitrogens is 1. The van der Waals surface area contributed by atoms with Crippen LogP contribution in [0, 0.1) is 0 Å². The van der Waals surface area contributed by atoms with E-state index in [-0.39, 0.29) is 17.7 Å². The number of hydrogen-bond acceptors (Lipinski definition) is 4. The number of hydrogen-bond donors (Lipinski definition) is 1. The lowest BCUT2D eigenvalue weighted by atomic mass is 9.89. The van der Waals surface area contributed by atoms with Crippen molar-refractivity contribution in [2.75, 3.05) is 0 Å². The summed E-state index contributed by atoms with van der Waals surface area (Å²) in [6.45, 7) is 0. The van der Waals surface area contributed by atoms with Gasteiger partial charge in [-0.3, -0.25) is 4.79 Å². The maximum atomic E-state index is 12.2. The number of aliphatic hydroxyl groups excluding tert-OH is 1. The van der Waals surface area contributed by atoms with Crippen LogP contribution >= 0.6 is 12.2 Å². The predicted octanol–water partition coefficient (Wildman–Crippen LogP) is 2.16. The van der Waals surface area contributed by atoms with Crippen molar-refractivity contribution < 1.29 is 5.11 Å². The van der Waals surface area contributed by atoms with E-state index in [0.717, 1.165) is 5.56 Å². The van der Waals surface area contributed by atoms with Crippen LogP contribution in [0.25, 0.3) is 0 Å². The summed E-state index contributed by atoms with van der Waals surface area (Å²) in [5, 5.41) is 11.6. The van der Waals surface area contributed by atoms with Crippen molar-refractivity contribution in [2.45, 2.75) is 43.7 Å². The first kappa shape index (κ1) is 11.8. The number of isothiocyanates is 1. The topological polar surface area (TPSA) is 54.6 Å². The zero-order valence-electron chi connectivity index (χ0n) is 9.87. The molecule has 4 nitrogen and oxygen atoms in total. The molecule has 0 saturated heterocycles. The van der Waals surface area contributed by atoms with E-state index in [2.05, 4.69) is 22.4 Å². The Morgan fingerprint density at radius 3 is 2.72 bits per heavy atom. The Morgan fingerprint density at radius 1 is 1.44 bits per heavy atom. The molecule has 0 bridgehead atoms. The zero-order valence-corrected chi connectivity index (χ0v) is 10.7. The molecule has 18 heavy (non-hydrogen) atoms. The third-order valence-corrected chi connectivity index (χ3v) is 3.83. The van der Waals surface area contributed by atoms with Crippen LogP contribution in [0.15, 0.2) is 22.1 Å². The molecule has 5 heteroatoms. The fourth-order valence-corrected chi connectivity index (χ4v) is 2.53.